The van der Waals surface area contributed by atoms with Crippen LogP contribution in [0.15, 0.2) is 39.5 Å². The van der Waals surface area contributed by atoms with E-state index in [9.17, 15) is 18.0 Å². The van der Waals surface area contributed by atoms with Crippen molar-refractivity contribution in [3.05, 3.63) is 41.4 Å². The number of hydrogen-bond donors (Lipinski definition) is 2. The van der Waals surface area contributed by atoms with Gasteiger partial charge in [-0.25, -0.2) is 0 Å². The zero-order valence-electron chi connectivity index (χ0n) is 24.0. The van der Waals surface area contributed by atoms with Crippen LogP contribution in [0.2, 0.25) is 0 Å². The van der Waals surface area contributed by atoms with Gasteiger partial charge in [0.25, 0.3) is 5.91 Å². The summed E-state index contributed by atoms with van der Waals surface area (Å²) in [7, 11) is -0.767. The summed E-state index contributed by atoms with van der Waals surface area (Å²) in [5, 5.41) is 6.95. The number of aromatic nitrogens is 2. The van der Waals surface area contributed by atoms with Gasteiger partial charge in [-0.05, 0) is 59.4 Å². The summed E-state index contributed by atoms with van der Waals surface area (Å²) < 4.78 is 59.4. The van der Waals surface area contributed by atoms with Crippen LogP contribution in [0.1, 0.15) is 59.9 Å². The summed E-state index contributed by atoms with van der Waals surface area (Å²) in [4.78, 5) is 21.3. The molecule has 0 atom stereocenters. The van der Waals surface area contributed by atoms with Crippen LogP contribution in [0.3, 0.4) is 0 Å². The van der Waals surface area contributed by atoms with Gasteiger partial charge in [-0.15, -0.1) is 11.3 Å². The Morgan fingerprint density at radius 3 is 2.41 bits per heavy atom. The number of thiophene rings is 1. The van der Waals surface area contributed by atoms with Gasteiger partial charge in [-0.2, -0.15) is 18.2 Å². The van der Waals surface area contributed by atoms with E-state index in [-0.39, 0.29) is 34.3 Å². The minimum Gasteiger partial charge on any atom is -0.404 e. The van der Waals surface area contributed by atoms with Gasteiger partial charge in [0.05, 0.1) is 40.2 Å². The van der Waals surface area contributed by atoms with Gasteiger partial charge < -0.3 is 24.9 Å². The number of aliphatic imine (C=N–C) groups is 1. The number of nitrogens with zero attached hydrogens (tertiary/aromatic N) is 3. The number of rotatable bonds is 7. The van der Waals surface area contributed by atoms with Crippen molar-refractivity contribution in [1.29, 1.82) is 0 Å². The molecule has 0 unspecified atom stereocenters. The third kappa shape index (κ3) is 6.82. The second-order valence-electron chi connectivity index (χ2n) is 11.8. The first kappa shape index (κ1) is 30.7. The molecule has 1 amide bonds. The van der Waals surface area contributed by atoms with Crippen LogP contribution in [-0.4, -0.2) is 52.3 Å². The number of halogens is 3. The van der Waals surface area contributed by atoms with Gasteiger partial charge in [0.2, 0.25) is 11.7 Å². The van der Waals surface area contributed by atoms with Crippen LogP contribution >= 0.6 is 11.3 Å². The van der Waals surface area contributed by atoms with Gasteiger partial charge in [0.1, 0.15) is 0 Å². The first-order valence-corrected chi connectivity index (χ1v) is 13.8. The second-order valence-corrected chi connectivity index (χ2v) is 12.8. The van der Waals surface area contributed by atoms with Crippen LogP contribution in [0.5, 0.6) is 0 Å². The highest BCUT2D eigenvalue weighted by Crippen LogP contribution is 2.42. The first-order valence-electron chi connectivity index (χ1n) is 13.0. The Labute approximate surface area is 240 Å². The van der Waals surface area contributed by atoms with Gasteiger partial charge in [0.15, 0.2) is 0 Å². The molecule has 220 valence electrons. The van der Waals surface area contributed by atoms with Crippen LogP contribution in [-0.2, 0) is 27.1 Å². The van der Waals surface area contributed by atoms with Gasteiger partial charge >= 0.3 is 13.3 Å². The first-order chi connectivity index (χ1) is 18.9. The highest BCUT2D eigenvalue weighted by Gasteiger charge is 2.52. The van der Waals surface area contributed by atoms with Crippen molar-refractivity contribution in [2.45, 2.75) is 84.3 Å². The number of hydrogen-bond acceptors (Lipinski definition) is 9. The van der Waals surface area contributed by atoms with Crippen molar-refractivity contribution < 1.29 is 31.8 Å². The number of amides is 1. The molecular weight excluding hydrogens is 558 g/mol. The standard InChI is InChI=1S/C27H33BF3N5O4S/c1-24(2,3)34-13-15(12-32)23(37)33-14-19-35-22(36-38-19)21-17(11-27(29,30)31)16-9-8-10-18(20(16)41-21)28-39-25(4,5)26(6,7)40-28/h8-10,12-13H,11,14,32H2,1-7H3,(H,33,37)/b15-12+,34-13?. The Morgan fingerprint density at radius 1 is 1.17 bits per heavy atom. The quantitative estimate of drug-likeness (QED) is 0.232. The molecule has 2 aromatic heterocycles. The molecule has 0 radical (unpaired) electrons. The molecular formula is C27H33BF3N5O4S. The van der Waals surface area contributed by atoms with Crippen LogP contribution < -0.4 is 16.5 Å². The Bertz CT molecular complexity index is 1490. The SMILES string of the molecule is CC(C)(C)N=C/C(=C\N)C(=O)NCc1nc(-c2sc3c(B4OC(C)(C)C(C)(C)O4)cccc3c2CC(F)(F)F)no1. The lowest BCUT2D eigenvalue weighted by atomic mass is 9.78. The molecule has 9 nitrogen and oxygen atoms in total. The maximum atomic E-state index is 13.7. The number of nitrogens with one attached hydrogen (secondary N) is 1. The average molecular weight is 591 g/mol. The number of carbonyl (C=O) groups excluding carboxylic acids is 1. The van der Waals surface area contributed by atoms with Crippen molar-refractivity contribution >= 4 is 46.1 Å². The third-order valence-corrected chi connectivity index (χ3v) is 8.13. The second kappa shape index (κ2) is 10.9. The molecule has 1 aliphatic heterocycles. The molecule has 1 saturated heterocycles. The van der Waals surface area contributed by atoms with Crippen molar-refractivity contribution in [2.24, 2.45) is 10.7 Å². The largest absolute Gasteiger partial charge is 0.496 e. The average Bonchev–Trinajstić information content (AvgIpc) is 3.50. The van der Waals surface area contributed by atoms with E-state index in [4.69, 9.17) is 19.6 Å². The van der Waals surface area contributed by atoms with Crippen LogP contribution in [0.4, 0.5) is 13.2 Å². The molecule has 1 fully saturated rings. The maximum absolute atomic E-state index is 13.7. The summed E-state index contributed by atoms with van der Waals surface area (Å²) in [6.45, 7) is 13.1. The summed E-state index contributed by atoms with van der Waals surface area (Å²) in [5.41, 5.74) is 4.69. The number of fused-ring (bicyclic) bond motifs is 1. The van der Waals surface area contributed by atoms with Gasteiger partial charge in [-0.3, -0.25) is 9.79 Å². The fraction of sp³-hybridized carbons (Fsp3) is 0.481. The van der Waals surface area contributed by atoms with Crippen LogP contribution in [0.25, 0.3) is 20.8 Å². The lowest BCUT2D eigenvalue weighted by Gasteiger charge is -2.32. The maximum Gasteiger partial charge on any atom is 0.496 e. The number of carbonyl (C=O) groups is 1. The van der Waals surface area contributed by atoms with E-state index in [1.165, 1.54) is 6.21 Å². The van der Waals surface area contributed by atoms with Crippen molar-refractivity contribution in [3.8, 4) is 10.7 Å². The van der Waals surface area contributed by atoms with Crippen LogP contribution in [0, 0.1) is 0 Å². The Morgan fingerprint density at radius 2 is 1.83 bits per heavy atom. The molecule has 0 saturated carbocycles. The van der Waals surface area contributed by atoms with E-state index in [2.05, 4.69) is 20.4 Å². The minimum atomic E-state index is -4.48. The van der Waals surface area contributed by atoms with E-state index >= 15 is 0 Å². The zero-order valence-corrected chi connectivity index (χ0v) is 24.8. The summed E-state index contributed by atoms with van der Waals surface area (Å²) >= 11 is 1.11. The number of nitrogens with two attached hydrogens (primary N) is 1. The fourth-order valence-electron chi connectivity index (χ4n) is 4.02. The molecule has 1 aromatic carbocycles. The van der Waals surface area contributed by atoms with Gasteiger partial charge in [-0.1, -0.05) is 23.4 Å². The Balaban J connectivity index is 1.65. The number of alkyl halides is 3. The molecule has 1 aliphatic rings. The Hall–Kier alpha value is -3.23. The summed E-state index contributed by atoms with van der Waals surface area (Å²) in [5.74, 6) is -0.524. The van der Waals surface area contributed by atoms with E-state index in [0.29, 0.717) is 15.5 Å². The summed E-state index contributed by atoms with van der Waals surface area (Å²) in [6.07, 6.45) is -3.18. The van der Waals surface area contributed by atoms with Crippen molar-refractivity contribution in [3.63, 3.8) is 0 Å². The molecule has 0 aliphatic carbocycles. The molecule has 14 heteroatoms. The smallest absolute Gasteiger partial charge is 0.404 e. The van der Waals surface area contributed by atoms with E-state index < -0.39 is 42.4 Å². The van der Waals surface area contributed by atoms with E-state index in [0.717, 1.165) is 17.5 Å². The molecule has 4 rings (SSSR count). The molecule has 3 heterocycles. The number of benzene rings is 1. The molecule has 0 spiro atoms. The lowest BCUT2D eigenvalue weighted by molar-refractivity contribution is -0.126. The Kier molecular flexibility index (Phi) is 8.15. The fourth-order valence-corrected chi connectivity index (χ4v) is 5.29. The normalized spacial score (nSPS) is 17.6. The molecule has 3 N–H and O–H groups in total. The van der Waals surface area contributed by atoms with E-state index in [1.807, 2.05) is 48.5 Å². The van der Waals surface area contributed by atoms with Crippen molar-refractivity contribution in [2.75, 3.05) is 0 Å². The molecule has 0 bridgehead atoms. The third-order valence-electron chi connectivity index (χ3n) is 6.84. The highest BCUT2D eigenvalue weighted by atomic mass is 32.1. The molecule has 41 heavy (non-hydrogen) atoms. The predicted octanol–water partition coefficient (Wildman–Crippen LogP) is 4.68. The van der Waals surface area contributed by atoms with Crippen molar-refractivity contribution in [1.82, 2.24) is 15.5 Å². The monoisotopic (exact) mass is 591 g/mol. The zero-order chi connectivity index (χ0) is 30.4. The predicted molar refractivity (Wildman–Crippen MR) is 153 cm³/mol. The van der Waals surface area contributed by atoms with E-state index in [1.54, 1.807) is 18.2 Å². The van der Waals surface area contributed by atoms with Gasteiger partial charge in [0, 0.05) is 22.6 Å². The lowest BCUT2D eigenvalue weighted by Crippen LogP contribution is -2.41. The topological polar surface area (TPSA) is 125 Å². The highest BCUT2D eigenvalue weighted by molar-refractivity contribution is 7.23. The molecule has 3 aromatic rings. The summed E-state index contributed by atoms with van der Waals surface area (Å²) in [6, 6.07) is 5.10. The minimum absolute atomic E-state index is 0.0130.